The van der Waals surface area contributed by atoms with Crippen molar-refractivity contribution < 1.29 is 4.79 Å². The molecule has 70 valence electrons. The number of primary amides is 1. The summed E-state index contributed by atoms with van der Waals surface area (Å²) in [6.07, 6.45) is 3.38. The second-order valence-corrected chi connectivity index (χ2v) is 3.55. The number of nitrogens with two attached hydrogens (primary N) is 1. The first-order valence-electron chi connectivity index (χ1n) is 4.75. The third-order valence-corrected chi connectivity index (χ3v) is 2.65. The highest BCUT2D eigenvalue weighted by molar-refractivity contribution is 5.77. The van der Waals surface area contributed by atoms with E-state index in [1.807, 2.05) is 0 Å². The molecule has 0 aromatic rings. The van der Waals surface area contributed by atoms with Gasteiger partial charge in [-0.3, -0.25) is 4.79 Å². The minimum absolute atomic E-state index is 0.0682. The first-order chi connectivity index (χ1) is 5.75. The number of rotatable bonds is 3. The lowest BCUT2D eigenvalue weighted by Crippen LogP contribution is -2.43. The second kappa shape index (κ2) is 4.45. The van der Waals surface area contributed by atoms with Crippen LogP contribution in [0.15, 0.2) is 0 Å². The third-order valence-electron chi connectivity index (χ3n) is 2.65. The van der Waals surface area contributed by atoms with Gasteiger partial charge in [-0.1, -0.05) is 13.3 Å². The molecule has 1 heterocycles. The molecule has 1 aliphatic rings. The van der Waals surface area contributed by atoms with Crippen molar-refractivity contribution in [3.8, 4) is 0 Å². The summed E-state index contributed by atoms with van der Waals surface area (Å²) in [5, 5.41) is 3.20. The van der Waals surface area contributed by atoms with Crippen molar-refractivity contribution in [2.75, 3.05) is 13.1 Å². The van der Waals surface area contributed by atoms with Crippen LogP contribution in [-0.4, -0.2) is 19.0 Å². The molecule has 3 nitrogen and oxygen atoms in total. The van der Waals surface area contributed by atoms with E-state index in [-0.39, 0.29) is 11.8 Å². The monoisotopic (exact) mass is 170 g/mol. The molecule has 2 atom stereocenters. The van der Waals surface area contributed by atoms with E-state index < -0.39 is 0 Å². The molecule has 2 unspecified atom stereocenters. The summed E-state index contributed by atoms with van der Waals surface area (Å²) >= 11 is 0. The maximum Gasteiger partial charge on any atom is 0.222 e. The second-order valence-electron chi connectivity index (χ2n) is 3.55. The van der Waals surface area contributed by atoms with Gasteiger partial charge in [0.1, 0.15) is 0 Å². The van der Waals surface area contributed by atoms with Crippen LogP contribution in [0.1, 0.15) is 26.2 Å². The molecule has 3 N–H and O–H groups in total. The third kappa shape index (κ3) is 2.21. The molecule has 1 rings (SSSR count). The van der Waals surface area contributed by atoms with Crippen LogP contribution in [0.3, 0.4) is 0 Å². The van der Waals surface area contributed by atoms with Crippen LogP contribution in [0.2, 0.25) is 0 Å². The Bertz CT molecular complexity index is 157. The summed E-state index contributed by atoms with van der Waals surface area (Å²) in [6.45, 7) is 3.97. The smallest absolute Gasteiger partial charge is 0.222 e. The number of piperidine rings is 1. The molecule has 0 aliphatic carbocycles. The molecule has 0 spiro atoms. The molecule has 1 aliphatic heterocycles. The van der Waals surface area contributed by atoms with Gasteiger partial charge in [0.15, 0.2) is 0 Å². The Morgan fingerprint density at radius 1 is 1.67 bits per heavy atom. The Kier molecular flexibility index (Phi) is 3.53. The first kappa shape index (κ1) is 9.52. The van der Waals surface area contributed by atoms with Crippen molar-refractivity contribution in [3.05, 3.63) is 0 Å². The highest BCUT2D eigenvalue weighted by Gasteiger charge is 2.27. The van der Waals surface area contributed by atoms with E-state index in [2.05, 4.69) is 12.2 Å². The highest BCUT2D eigenvalue weighted by atomic mass is 16.1. The Hall–Kier alpha value is -0.570. The fraction of sp³-hybridized carbons (Fsp3) is 0.889. The lowest BCUT2D eigenvalue weighted by molar-refractivity contribution is -0.124. The van der Waals surface area contributed by atoms with Gasteiger partial charge in [-0.15, -0.1) is 0 Å². The summed E-state index contributed by atoms with van der Waals surface area (Å²) in [5.74, 6) is 0.452. The summed E-state index contributed by atoms with van der Waals surface area (Å²) in [5.41, 5.74) is 5.31. The number of hydrogen-bond acceptors (Lipinski definition) is 2. The van der Waals surface area contributed by atoms with Gasteiger partial charge in [-0.25, -0.2) is 0 Å². The van der Waals surface area contributed by atoms with Crippen LogP contribution in [-0.2, 0) is 4.79 Å². The SMILES string of the molecule is CCCC1CCNCC1C(N)=O. The quantitative estimate of drug-likeness (QED) is 0.648. The minimum atomic E-state index is -0.138. The summed E-state index contributed by atoms with van der Waals surface area (Å²) < 4.78 is 0. The molecule has 3 heteroatoms. The van der Waals surface area contributed by atoms with E-state index >= 15 is 0 Å². The number of hydrogen-bond donors (Lipinski definition) is 2. The Morgan fingerprint density at radius 3 is 3.00 bits per heavy atom. The Morgan fingerprint density at radius 2 is 2.42 bits per heavy atom. The van der Waals surface area contributed by atoms with Gasteiger partial charge >= 0.3 is 0 Å². The van der Waals surface area contributed by atoms with E-state index in [4.69, 9.17) is 5.73 Å². The zero-order chi connectivity index (χ0) is 8.97. The van der Waals surface area contributed by atoms with Gasteiger partial charge in [0.05, 0.1) is 5.92 Å². The molecule has 0 radical (unpaired) electrons. The number of carbonyl (C=O) groups is 1. The van der Waals surface area contributed by atoms with Gasteiger partial charge in [0.25, 0.3) is 0 Å². The van der Waals surface area contributed by atoms with E-state index in [1.54, 1.807) is 0 Å². The maximum absolute atomic E-state index is 11.0. The molecule has 1 fully saturated rings. The van der Waals surface area contributed by atoms with Gasteiger partial charge in [0, 0.05) is 6.54 Å². The lowest BCUT2D eigenvalue weighted by atomic mass is 9.83. The lowest BCUT2D eigenvalue weighted by Gasteiger charge is -2.29. The zero-order valence-corrected chi connectivity index (χ0v) is 7.68. The van der Waals surface area contributed by atoms with E-state index in [9.17, 15) is 4.79 Å². The van der Waals surface area contributed by atoms with Crippen molar-refractivity contribution in [2.45, 2.75) is 26.2 Å². The summed E-state index contributed by atoms with van der Waals surface area (Å²) in [7, 11) is 0. The van der Waals surface area contributed by atoms with Crippen LogP contribution in [0.5, 0.6) is 0 Å². The van der Waals surface area contributed by atoms with Crippen LogP contribution in [0, 0.1) is 11.8 Å². The average molecular weight is 170 g/mol. The standard InChI is InChI=1S/C9H18N2O/c1-2-3-7-4-5-11-6-8(7)9(10)12/h7-8,11H,2-6H2,1H3,(H2,10,12). The predicted molar refractivity (Wildman–Crippen MR) is 48.6 cm³/mol. The fourth-order valence-corrected chi connectivity index (χ4v) is 1.96. The first-order valence-corrected chi connectivity index (χ1v) is 4.75. The molecular formula is C9H18N2O. The molecule has 12 heavy (non-hydrogen) atoms. The molecule has 1 saturated heterocycles. The maximum atomic E-state index is 11.0. The van der Waals surface area contributed by atoms with Crippen LogP contribution in [0.25, 0.3) is 0 Å². The molecule has 0 saturated carbocycles. The minimum Gasteiger partial charge on any atom is -0.369 e. The van der Waals surface area contributed by atoms with Gasteiger partial charge < -0.3 is 11.1 Å². The molecular weight excluding hydrogens is 152 g/mol. The summed E-state index contributed by atoms with van der Waals surface area (Å²) in [6, 6.07) is 0. The van der Waals surface area contributed by atoms with Crippen molar-refractivity contribution in [1.82, 2.24) is 5.32 Å². The largest absolute Gasteiger partial charge is 0.369 e. The zero-order valence-electron chi connectivity index (χ0n) is 7.68. The molecule has 0 aromatic heterocycles. The topological polar surface area (TPSA) is 55.1 Å². The number of carbonyl (C=O) groups excluding carboxylic acids is 1. The van der Waals surface area contributed by atoms with Crippen LogP contribution >= 0.6 is 0 Å². The summed E-state index contributed by atoms with van der Waals surface area (Å²) in [4.78, 5) is 11.0. The van der Waals surface area contributed by atoms with Gasteiger partial charge in [-0.2, -0.15) is 0 Å². The Balaban J connectivity index is 2.48. The fourth-order valence-electron chi connectivity index (χ4n) is 1.96. The van der Waals surface area contributed by atoms with E-state index in [0.29, 0.717) is 5.92 Å². The van der Waals surface area contributed by atoms with E-state index in [1.165, 1.54) is 0 Å². The van der Waals surface area contributed by atoms with Gasteiger partial charge in [-0.05, 0) is 25.3 Å². The van der Waals surface area contributed by atoms with Gasteiger partial charge in [0.2, 0.25) is 5.91 Å². The van der Waals surface area contributed by atoms with Crippen molar-refractivity contribution in [3.63, 3.8) is 0 Å². The molecule has 0 bridgehead atoms. The average Bonchev–Trinajstić information content (AvgIpc) is 2.05. The van der Waals surface area contributed by atoms with Crippen molar-refractivity contribution >= 4 is 5.91 Å². The Labute approximate surface area is 73.7 Å². The molecule has 1 amide bonds. The van der Waals surface area contributed by atoms with Crippen LogP contribution < -0.4 is 11.1 Å². The predicted octanol–water partition coefficient (Wildman–Crippen LogP) is 0.497. The normalized spacial score (nSPS) is 30.1. The van der Waals surface area contributed by atoms with Crippen molar-refractivity contribution in [1.29, 1.82) is 0 Å². The van der Waals surface area contributed by atoms with Crippen LogP contribution in [0.4, 0.5) is 0 Å². The highest BCUT2D eigenvalue weighted by Crippen LogP contribution is 2.23. The van der Waals surface area contributed by atoms with E-state index in [0.717, 1.165) is 32.4 Å². The number of amides is 1. The van der Waals surface area contributed by atoms with Crippen molar-refractivity contribution in [2.24, 2.45) is 17.6 Å². The number of nitrogens with one attached hydrogen (secondary N) is 1. The molecule has 0 aromatic carbocycles.